The van der Waals surface area contributed by atoms with Gasteiger partial charge in [-0.05, 0) is 12.1 Å². The molecule has 0 saturated heterocycles. The van der Waals surface area contributed by atoms with E-state index in [-0.39, 0.29) is 5.91 Å². The van der Waals surface area contributed by atoms with Gasteiger partial charge in [0.1, 0.15) is 0 Å². The van der Waals surface area contributed by atoms with Crippen LogP contribution in [0.4, 0.5) is 0 Å². The van der Waals surface area contributed by atoms with E-state index in [9.17, 15) is 4.79 Å². The Balaban J connectivity index is 2.86. The second kappa shape index (κ2) is 3.16. The Morgan fingerprint density at radius 2 is 1.91 bits per heavy atom. The van der Waals surface area contributed by atoms with Crippen LogP contribution in [-0.4, -0.2) is 18.0 Å². The van der Waals surface area contributed by atoms with Crippen molar-refractivity contribution in [3.05, 3.63) is 35.9 Å². The van der Waals surface area contributed by atoms with Gasteiger partial charge in [-0.1, -0.05) is 18.2 Å². The van der Waals surface area contributed by atoms with Gasteiger partial charge in [-0.2, -0.15) is 0 Å². The molecule has 3 nitrogen and oxygen atoms in total. The standard InChI is InChI=1S/C8H10N2O/c1-10(9)8(11)7-5-3-2-4-6-7/h2-6H,9H2,1H3. The van der Waals surface area contributed by atoms with Gasteiger partial charge in [0, 0.05) is 12.6 Å². The smallest absolute Gasteiger partial charge is 0.267 e. The molecule has 0 unspecified atom stereocenters. The topological polar surface area (TPSA) is 46.3 Å². The van der Waals surface area contributed by atoms with Crippen LogP contribution in [0.15, 0.2) is 30.3 Å². The minimum absolute atomic E-state index is 0.175. The third-order valence-electron chi connectivity index (χ3n) is 1.34. The molecule has 2 N–H and O–H groups in total. The third-order valence-corrected chi connectivity index (χ3v) is 1.34. The number of nitrogens with zero attached hydrogens (tertiary/aromatic N) is 1. The summed E-state index contributed by atoms with van der Waals surface area (Å²) in [5.74, 6) is 5.08. The molecule has 0 fully saturated rings. The lowest BCUT2D eigenvalue weighted by Gasteiger charge is -2.08. The van der Waals surface area contributed by atoms with Crippen molar-refractivity contribution in [1.29, 1.82) is 0 Å². The quantitative estimate of drug-likeness (QED) is 0.362. The van der Waals surface area contributed by atoms with E-state index in [1.807, 2.05) is 6.07 Å². The molecule has 58 valence electrons. The molecule has 0 spiro atoms. The summed E-state index contributed by atoms with van der Waals surface area (Å²) < 4.78 is 0. The summed E-state index contributed by atoms with van der Waals surface area (Å²) in [5, 5.41) is 1.06. The summed E-state index contributed by atoms with van der Waals surface area (Å²) in [7, 11) is 1.52. The number of amides is 1. The maximum atomic E-state index is 11.1. The minimum Gasteiger partial charge on any atom is -0.280 e. The molecule has 3 heteroatoms. The second-order valence-corrected chi connectivity index (χ2v) is 2.28. The van der Waals surface area contributed by atoms with Crippen LogP contribution in [0.1, 0.15) is 10.4 Å². The van der Waals surface area contributed by atoms with Crippen LogP contribution in [0.2, 0.25) is 0 Å². The third kappa shape index (κ3) is 1.78. The largest absolute Gasteiger partial charge is 0.280 e. The van der Waals surface area contributed by atoms with Gasteiger partial charge in [-0.3, -0.25) is 9.80 Å². The maximum Gasteiger partial charge on any atom is 0.267 e. The van der Waals surface area contributed by atoms with E-state index in [1.165, 1.54) is 7.05 Å². The first-order valence-electron chi connectivity index (χ1n) is 3.29. The van der Waals surface area contributed by atoms with Gasteiger partial charge in [0.25, 0.3) is 5.91 Å². The molecule has 0 atom stereocenters. The van der Waals surface area contributed by atoms with E-state index in [0.717, 1.165) is 5.01 Å². The van der Waals surface area contributed by atoms with Gasteiger partial charge in [-0.15, -0.1) is 0 Å². The molecular formula is C8H10N2O. The SMILES string of the molecule is CN(N)C(=O)c1ccccc1. The predicted octanol–water partition coefficient (Wildman–Crippen LogP) is 0.632. The van der Waals surface area contributed by atoms with Crippen LogP contribution in [0.5, 0.6) is 0 Å². The second-order valence-electron chi connectivity index (χ2n) is 2.28. The Hall–Kier alpha value is -1.35. The Morgan fingerprint density at radius 1 is 1.36 bits per heavy atom. The number of benzene rings is 1. The molecule has 0 aromatic heterocycles. The fourth-order valence-electron chi connectivity index (χ4n) is 0.784. The van der Waals surface area contributed by atoms with Crippen LogP contribution in [0.3, 0.4) is 0 Å². The van der Waals surface area contributed by atoms with Gasteiger partial charge in [0.15, 0.2) is 0 Å². The van der Waals surface area contributed by atoms with Crippen LogP contribution in [0.25, 0.3) is 0 Å². The average Bonchev–Trinajstić information content (AvgIpc) is 2.05. The number of hydrogen-bond donors (Lipinski definition) is 1. The van der Waals surface area contributed by atoms with Gasteiger partial charge < -0.3 is 0 Å². The highest BCUT2D eigenvalue weighted by molar-refractivity contribution is 5.93. The molecule has 1 aromatic carbocycles. The lowest BCUT2D eigenvalue weighted by molar-refractivity contribution is 0.0795. The number of carbonyl (C=O) groups is 1. The zero-order chi connectivity index (χ0) is 8.27. The molecule has 0 saturated carbocycles. The van der Waals surface area contributed by atoms with Crippen molar-refractivity contribution in [2.75, 3.05) is 7.05 Å². The highest BCUT2D eigenvalue weighted by atomic mass is 16.2. The van der Waals surface area contributed by atoms with E-state index in [1.54, 1.807) is 24.3 Å². The summed E-state index contributed by atoms with van der Waals surface area (Å²) in [5.41, 5.74) is 0.609. The lowest BCUT2D eigenvalue weighted by atomic mass is 10.2. The van der Waals surface area contributed by atoms with Gasteiger partial charge in [0.2, 0.25) is 0 Å². The van der Waals surface area contributed by atoms with E-state index >= 15 is 0 Å². The molecule has 0 radical (unpaired) electrons. The van der Waals surface area contributed by atoms with Crippen molar-refractivity contribution in [1.82, 2.24) is 5.01 Å². The Labute approximate surface area is 65.4 Å². The van der Waals surface area contributed by atoms with Crippen molar-refractivity contribution in [2.24, 2.45) is 5.84 Å². The van der Waals surface area contributed by atoms with E-state index < -0.39 is 0 Å². The predicted molar refractivity (Wildman–Crippen MR) is 42.7 cm³/mol. The normalized spacial score (nSPS) is 9.27. The monoisotopic (exact) mass is 150 g/mol. The number of rotatable bonds is 1. The number of hydrazine groups is 1. The van der Waals surface area contributed by atoms with E-state index in [0.29, 0.717) is 5.56 Å². The van der Waals surface area contributed by atoms with Crippen LogP contribution in [0, 0.1) is 0 Å². The van der Waals surface area contributed by atoms with Crippen molar-refractivity contribution in [3.63, 3.8) is 0 Å². The molecule has 11 heavy (non-hydrogen) atoms. The fourth-order valence-corrected chi connectivity index (χ4v) is 0.784. The molecule has 1 rings (SSSR count). The molecular weight excluding hydrogens is 140 g/mol. The fraction of sp³-hybridized carbons (Fsp3) is 0.125. The highest BCUT2D eigenvalue weighted by Crippen LogP contribution is 1.99. The van der Waals surface area contributed by atoms with Gasteiger partial charge >= 0.3 is 0 Å². The minimum atomic E-state index is -0.175. The van der Waals surface area contributed by atoms with Crippen LogP contribution >= 0.6 is 0 Å². The summed E-state index contributed by atoms with van der Waals surface area (Å²) in [6.45, 7) is 0. The molecule has 0 aliphatic carbocycles. The molecule has 1 aromatic rings. The van der Waals surface area contributed by atoms with Crippen LogP contribution in [-0.2, 0) is 0 Å². The molecule has 0 aliphatic heterocycles. The van der Waals surface area contributed by atoms with E-state index in [4.69, 9.17) is 5.84 Å². The summed E-state index contributed by atoms with van der Waals surface area (Å²) in [6.07, 6.45) is 0. The summed E-state index contributed by atoms with van der Waals surface area (Å²) in [4.78, 5) is 11.1. The molecule has 0 bridgehead atoms. The Morgan fingerprint density at radius 3 is 2.36 bits per heavy atom. The maximum absolute atomic E-state index is 11.1. The van der Waals surface area contributed by atoms with Crippen molar-refractivity contribution < 1.29 is 4.79 Å². The first kappa shape index (κ1) is 7.75. The highest BCUT2D eigenvalue weighted by Gasteiger charge is 2.05. The Bertz CT molecular complexity index is 244. The molecule has 0 aliphatic rings. The van der Waals surface area contributed by atoms with Crippen LogP contribution < -0.4 is 5.84 Å². The van der Waals surface area contributed by atoms with Gasteiger partial charge in [0.05, 0.1) is 0 Å². The lowest BCUT2D eigenvalue weighted by Crippen LogP contribution is -2.32. The van der Waals surface area contributed by atoms with Crippen molar-refractivity contribution in [3.8, 4) is 0 Å². The number of nitrogens with two attached hydrogens (primary N) is 1. The molecule has 0 heterocycles. The summed E-state index contributed by atoms with van der Waals surface area (Å²) in [6, 6.07) is 8.91. The number of hydrogen-bond acceptors (Lipinski definition) is 2. The first-order chi connectivity index (χ1) is 5.22. The van der Waals surface area contributed by atoms with Gasteiger partial charge in [-0.25, -0.2) is 5.84 Å². The first-order valence-corrected chi connectivity index (χ1v) is 3.29. The Kier molecular flexibility index (Phi) is 2.23. The zero-order valence-corrected chi connectivity index (χ0v) is 6.32. The average molecular weight is 150 g/mol. The van der Waals surface area contributed by atoms with Crippen molar-refractivity contribution in [2.45, 2.75) is 0 Å². The zero-order valence-electron chi connectivity index (χ0n) is 6.32. The summed E-state index contributed by atoms with van der Waals surface area (Å²) >= 11 is 0. The number of carbonyl (C=O) groups excluding carboxylic acids is 1. The molecule has 1 amide bonds. The van der Waals surface area contributed by atoms with Crippen molar-refractivity contribution >= 4 is 5.91 Å². The van der Waals surface area contributed by atoms with E-state index in [2.05, 4.69) is 0 Å².